The molecule has 3 heterocycles. The highest BCUT2D eigenvalue weighted by Gasteiger charge is 2.22. The van der Waals surface area contributed by atoms with Crippen molar-refractivity contribution in [1.29, 1.82) is 5.26 Å². The molecule has 0 amide bonds. The van der Waals surface area contributed by atoms with Crippen molar-refractivity contribution in [2.75, 3.05) is 14.1 Å². The maximum atomic E-state index is 9.51. The number of rotatable bonds is 2. The molecule has 2 aromatic rings. The molecule has 0 fully saturated rings. The molecule has 0 atom stereocenters. The smallest absolute Gasteiger partial charge is 0.181 e. The van der Waals surface area contributed by atoms with E-state index >= 15 is 0 Å². The molecular formula is C15H18N6. The molecule has 0 bridgehead atoms. The maximum Gasteiger partial charge on any atom is 0.181 e. The lowest BCUT2D eigenvalue weighted by molar-refractivity contribution is 0.641. The third-order valence-corrected chi connectivity index (χ3v) is 3.74. The highest BCUT2D eigenvalue weighted by Crippen LogP contribution is 2.32. The Balaban J connectivity index is 2.27. The summed E-state index contributed by atoms with van der Waals surface area (Å²) in [6.07, 6.45) is 7.58. The lowest BCUT2D eigenvalue weighted by Gasteiger charge is -2.07. The highest BCUT2D eigenvalue weighted by atomic mass is 15.1. The molecular weight excluding hydrogens is 264 g/mol. The molecule has 1 aliphatic rings. The largest absolute Gasteiger partial charge is 0.369 e. The number of nitrogens with zero attached hydrogens (tertiary/aromatic N) is 6. The van der Waals surface area contributed by atoms with Gasteiger partial charge in [0.25, 0.3) is 0 Å². The zero-order chi connectivity index (χ0) is 14.8. The van der Waals surface area contributed by atoms with Crippen molar-refractivity contribution in [3.05, 3.63) is 17.6 Å². The van der Waals surface area contributed by atoms with E-state index in [1.54, 1.807) is 6.34 Å². The molecule has 1 aliphatic heterocycles. The zero-order valence-electron chi connectivity index (χ0n) is 12.4. The van der Waals surface area contributed by atoms with Crippen LogP contribution < -0.4 is 0 Å². The topological polar surface area (TPSA) is 70.1 Å². The number of fused-ring (bicyclic) bond motifs is 3. The minimum Gasteiger partial charge on any atom is -0.369 e. The van der Waals surface area contributed by atoms with Crippen LogP contribution in [0.1, 0.15) is 30.5 Å². The fraction of sp³-hybridized carbons (Fsp3) is 0.467. The zero-order valence-corrected chi connectivity index (χ0v) is 12.4. The van der Waals surface area contributed by atoms with Gasteiger partial charge in [0.15, 0.2) is 5.82 Å². The second-order valence-electron chi connectivity index (χ2n) is 5.50. The molecule has 6 heteroatoms. The molecule has 0 spiro atoms. The molecule has 0 aliphatic carbocycles. The van der Waals surface area contributed by atoms with Crippen molar-refractivity contribution in [3.8, 4) is 6.07 Å². The average molecular weight is 282 g/mol. The van der Waals surface area contributed by atoms with Gasteiger partial charge in [-0.3, -0.25) is 0 Å². The van der Waals surface area contributed by atoms with Gasteiger partial charge in [-0.05, 0) is 19.3 Å². The van der Waals surface area contributed by atoms with Gasteiger partial charge in [0.1, 0.15) is 23.4 Å². The number of nitriles is 1. The Kier molecular flexibility index (Phi) is 3.57. The van der Waals surface area contributed by atoms with Crippen LogP contribution in [0.5, 0.6) is 0 Å². The molecule has 21 heavy (non-hydrogen) atoms. The Morgan fingerprint density at radius 1 is 1.33 bits per heavy atom. The summed E-state index contributed by atoms with van der Waals surface area (Å²) in [5.41, 5.74) is 3.40. The van der Waals surface area contributed by atoms with E-state index in [-0.39, 0.29) is 0 Å². The summed E-state index contributed by atoms with van der Waals surface area (Å²) in [4.78, 5) is 14.9. The Bertz CT molecular complexity index is 735. The number of hydrogen-bond donors (Lipinski definition) is 0. The number of aromatic nitrogens is 3. The molecule has 3 rings (SSSR count). The SMILES string of the molecule is CN(C)C=Nc1ncnc2c(C#N)c3n(c12)CCCCC3. The fourth-order valence-corrected chi connectivity index (χ4v) is 2.84. The van der Waals surface area contributed by atoms with Crippen molar-refractivity contribution in [2.45, 2.75) is 32.2 Å². The lowest BCUT2D eigenvalue weighted by atomic mass is 10.1. The average Bonchev–Trinajstić information content (AvgIpc) is 2.62. The molecule has 0 saturated carbocycles. The number of aliphatic imine (C=N–C) groups is 1. The predicted octanol–water partition coefficient (Wildman–Crippen LogP) is 2.25. The van der Waals surface area contributed by atoms with Gasteiger partial charge in [-0.1, -0.05) is 6.42 Å². The Morgan fingerprint density at radius 3 is 2.95 bits per heavy atom. The van der Waals surface area contributed by atoms with Gasteiger partial charge in [0.05, 0.1) is 11.9 Å². The van der Waals surface area contributed by atoms with E-state index in [1.165, 1.54) is 12.7 Å². The second kappa shape index (κ2) is 5.52. The highest BCUT2D eigenvalue weighted by molar-refractivity contribution is 5.92. The van der Waals surface area contributed by atoms with Crippen LogP contribution in [0.4, 0.5) is 5.82 Å². The van der Waals surface area contributed by atoms with E-state index in [0.29, 0.717) is 11.4 Å². The minimum atomic E-state index is 0.637. The van der Waals surface area contributed by atoms with Gasteiger partial charge in [0, 0.05) is 26.3 Å². The Morgan fingerprint density at radius 2 is 2.19 bits per heavy atom. The molecule has 0 radical (unpaired) electrons. The summed E-state index contributed by atoms with van der Waals surface area (Å²) in [5, 5.41) is 9.51. The van der Waals surface area contributed by atoms with Crippen molar-refractivity contribution < 1.29 is 0 Å². The van der Waals surface area contributed by atoms with Crippen molar-refractivity contribution in [3.63, 3.8) is 0 Å². The van der Waals surface area contributed by atoms with E-state index in [9.17, 15) is 5.26 Å². The quantitative estimate of drug-likeness (QED) is 0.625. The standard InChI is InChI=1S/C15H18N6/c1-20(2)10-19-15-14-13(17-9-18-15)11(8-16)12-6-4-3-5-7-21(12)14/h9-10H,3-7H2,1-2H3. The Labute approximate surface area is 123 Å². The monoisotopic (exact) mass is 282 g/mol. The predicted molar refractivity (Wildman–Crippen MR) is 81.6 cm³/mol. The normalized spacial score (nSPS) is 14.9. The summed E-state index contributed by atoms with van der Waals surface area (Å²) < 4.78 is 2.20. The molecule has 6 nitrogen and oxygen atoms in total. The third-order valence-electron chi connectivity index (χ3n) is 3.74. The number of hydrogen-bond acceptors (Lipinski definition) is 4. The summed E-state index contributed by atoms with van der Waals surface area (Å²) in [6, 6.07) is 2.32. The van der Waals surface area contributed by atoms with E-state index < -0.39 is 0 Å². The van der Waals surface area contributed by atoms with Crippen molar-refractivity contribution >= 4 is 23.2 Å². The minimum absolute atomic E-state index is 0.637. The van der Waals surface area contributed by atoms with Crippen LogP contribution in [0.2, 0.25) is 0 Å². The van der Waals surface area contributed by atoms with Crippen LogP contribution in [-0.4, -0.2) is 39.9 Å². The third kappa shape index (κ3) is 2.35. The van der Waals surface area contributed by atoms with Crippen LogP contribution >= 0.6 is 0 Å². The van der Waals surface area contributed by atoms with Crippen LogP contribution in [0, 0.1) is 11.3 Å². The van der Waals surface area contributed by atoms with Gasteiger partial charge in [0.2, 0.25) is 0 Å². The summed E-state index contributed by atoms with van der Waals surface area (Å²) in [7, 11) is 3.84. The van der Waals surface area contributed by atoms with E-state index in [2.05, 4.69) is 25.6 Å². The second-order valence-corrected chi connectivity index (χ2v) is 5.50. The summed E-state index contributed by atoms with van der Waals surface area (Å²) >= 11 is 0. The van der Waals surface area contributed by atoms with E-state index in [0.717, 1.165) is 42.5 Å². The first-order chi connectivity index (χ1) is 10.2. The summed E-state index contributed by atoms with van der Waals surface area (Å²) in [5.74, 6) is 0.637. The first kappa shape index (κ1) is 13.6. The van der Waals surface area contributed by atoms with Gasteiger partial charge in [-0.15, -0.1) is 0 Å². The van der Waals surface area contributed by atoms with Gasteiger partial charge >= 0.3 is 0 Å². The molecule has 0 N–H and O–H groups in total. The van der Waals surface area contributed by atoms with Crippen LogP contribution in [-0.2, 0) is 13.0 Å². The van der Waals surface area contributed by atoms with Crippen LogP contribution in [0.3, 0.4) is 0 Å². The molecule has 0 unspecified atom stereocenters. The molecule has 2 aromatic heterocycles. The van der Waals surface area contributed by atoms with Crippen molar-refractivity contribution in [2.24, 2.45) is 4.99 Å². The van der Waals surface area contributed by atoms with Gasteiger partial charge < -0.3 is 9.47 Å². The lowest BCUT2D eigenvalue weighted by Crippen LogP contribution is -2.07. The van der Waals surface area contributed by atoms with Crippen LogP contribution in [0.25, 0.3) is 11.0 Å². The Hall–Kier alpha value is -2.42. The van der Waals surface area contributed by atoms with E-state index in [1.807, 2.05) is 19.0 Å². The first-order valence-corrected chi connectivity index (χ1v) is 7.19. The first-order valence-electron chi connectivity index (χ1n) is 7.19. The fourth-order valence-electron chi connectivity index (χ4n) is 2.84. The summed E-state index contributed by atoms with van der Waals surface area (Å²) in [6.45, 7) is 0.908. The van der Waals surface area contributed by atoms with Crippen molar-refractivity contribution in [1.82, 2.24) is 19.4 Å². The maximum absolute atomic E-state index is 9.51. The van der Waals surface area contributed by atoms with Crippen LogP contribution in [0.15, 0.2) is 11.3 Å². The molecule has 0 saturated heterocycles. The van der Waals surface area contributed by atoms with Gasteiger partial charge in [-0.25, -0.2) is 15.0 Å². The molecule has 108 valence electrons. The van der Waals surface area contributed by atoms with E-state index in [4.69, 9.17) is 0 Å². The number of aryl methyl sites for hydroxylation is 1. The molecule has 0 aromatic carbocycles. The van der Waals surface area contributed by atoms with Gasteiger partial charge in [-0.2, -0.15) is 5.26 Å².